The molecule has 0 amide bonds. The van der Waals surface area contributed by atoms with Crippen LogP contribution in [0, 0.1) is 13.8 Å². The summed E-state index contributed by atoms with van der Waals surface area (Å²) in [6.07, 6.45) is 0. The molecule has 2 aromatic carbocycles. The highest BCUT2D eigenvalue weighted by molar-refractivity contribution is 7.80. The summed E-state index contributed by atoms with van der Waals surface area (Å²) in [5.74, 6) is 1.49. The number of fused-ring (bicyclic) bond motifs is 1. The van der Waals surface area contributed by atoms with Crippen molar-refractivity contribution in [2.75, 3.05) is 0 Å². The number of hydrogen-bond donors (Lipinski definition) is 1. The summed E-state index contributed by atoms with van der Waals surface area (Å²) in [6.45, 7) is 9.46. The molecule has 3 nitrogen and oxygen atoms in total. The van der Waals surface area contributed by atoms with Crippen molar-refractivity contribution in [1.82, 2.24) is 9.55 Å². The number of rotatable bonds is 4. The van der Waals surface area contributed by atoms with Crippen LogP contribution in [0.3, 0.4) is 0 Å². The largest absolute Gasteiger partial charge is 0.389 e. The Labute approximate surface area is 148 Å². The van der Waals surface area contributed by atoms with Crippen molar-refractivity contribution in [1.29, 1.82) is 0 Å². The van der Waals surface area contributed by atoms with E-state index in [1.165, 1.54) is 22.2 Å². The number of nitrogens with zero attached hydrogens (tertiary/aromatic N) is 2. The quantitative estimate of drug-likeness (QED) is 0.715. The second-order valence-corrected chi connectivity index (χ2v) is 7.14. The van der Waals surface area contributed by atoms with E-state index >= 15 is 0 Å². The lowest BCUT2D eigenvalue weighted by Crippen LogP contribution is -2.10. The number of aromatic nitrogens is 2. The summed E-state index contributed by atoms with van der Waals surface area (Å²) in [5.41, 5.74) is 12.6. The Bertz CT molecular complexity index is 905. The molecular formula is C20H23N3S. The van der Waals surface area contributed by atoms with Gasteiger partial charge in [-0.25, -0.2) is 4.98 Å². The van der Waals surface area contributed by atoms with Gasteiger partial charge in [0.05, 0.1) is 11.0 Å². The van der Waals surface area contributed by atoms with Gasteiger partial charge in [0, 0.05) is 18.0 Å². The number of nitrogens with two attached hydrogens (primary N) is 1. The molecule has 0 bridgehead atoms. The number of thiocarbonyl (C=S) groups is 1. The highest BCUT2D eigenvalue weighted by Crippen LogP contribution is 2.25. The monoisotopic (exact) mass is 337 g/mol. The molecule has 0 spiro atoms. The Morgan fingerprint density at radius 2 is 1.75 bits per heavy atom. The average Bonchev–Trinajstić information content (AvgIpc) is 2.86. The normalized spacial score (nSPS) is 11.4. The Balaban J connectivity index is 2.08. The van der Waals surface area contributed by atoms with Crippen LogP contribution in [0.4, 0.5) is 0 Å². The van der Waals surface area contributed by atoms with Gasteiger partial charge in [-0.2, -0.15) is 0 Å². The molecule has 4 heteroatoms. The van der Waals surface area contributed by atoms with Crippen LogP contribution in [0.15, 0.2) is 36.4 Å². The number of hydrogen-bond acceptors (Lipinski definition) is 2. The molecule has 24 heavy (non-hydrogen) atoms. The maximum Gasteiger partial charge on any atom is 0.112 e. The fourth-order valence-electron chi connectivity index (χ4n) is 2.96. The first-order valence-corrected chi connectivity index (χ1v) is 8.63. The SMILES string of the molecule is Cc1cc2nc(C(C)C)n(Cc3ccc(C(N)=S)cc3)c2cc1C. The van der Waals surface area contributed by atoms with E-state index in [0.717, 1.165) is 23.4 Å². The van der Waals surface area contributed by atoms with Crippen molar-refractivity contribution in [2.24, 2.45) is 5.73 Å². The summed E-state index contributed by atoms with van der Waals surface area (Å²) in [4.78, 5) is 5.31. The molecule has 1 heterocycles. The Morgan fingerprint density at radius 3 is 2.33 bits per heavy atom. The van der Waals surface area contributed by atoms with Crippen LogP contribution in [0.2, 0.25) is 0 Å². The molecule has 0 radical (unpaired) electrons. The Morgan fingerprint density at radius 1 is 1.12 bits per heavy atom. The van der Waals surface area contributed by atoms with Crippen LogP contribution in [0.1, 0.15) is 47.8 Å². The minimum atomic E-state index is 0.369. The molecule has 0 unspecified atom stereocenters. The standard InChI is InChI=1S/C20H23N3S/c1-12(2)20-22-17-9-13(3)14(4)10-18(17)23(20)11-15-5-7-16(8-6-15)19(21)24/h5-10,12H,11H2,1-4H3,(H2,21,24). The number of imidazole rings is 1. The molecule has 0 aliphatic rings. The molecule has 1 aromatic heterocycles. The second-order valence-electron chi connectivity index (χ2n) is 6.70. The second kappa shape index (κ2) is 6.36. The van der Waals surface area contributed by atoms with Crippen molar-refractivity contribution in [3.63, 3.8) is 0 Å². The summed E-state index contributed by atoms with van der Waals surface area (Å²) in [6, 6.07) is 12.6. The van der Waals surface area contributed by atoms with Gasteiger partial charge in [-0.15, -0.1) is 0 Å². The predicted octanol–water partition coefficient (Wildman–Crippen LogP) is 4.46. The fraction of sp³-hybridized carbons (Fsp3) is 0.300. The summed E-state index contributed by atoms with van der Waals surface area (Å²) < 4.78 is 2.32. The summed E-state index contributed by atoms with van der Waals surface area (Å²) in [7, 11) is 0. The molecule has 0 fully saturated rings. The maximum absolute atomic E-state index is 5.69. The van der Waals surface area contributed by atoms with Crippen molar-refractivity contribution < 1.29 is 0 Å². The van der Waals surface area contributed by atoms with E-state index in [9.17, 15) is 0 Å². The highest BCUT2D eigenvalue weighted by atomic mass is 32.1. The minimum Gasteiger partial charge on any atom is -0.389 e. The Kier molecular flexibility index (Phi) is 4.41. The maximum atomic E-state index is 5.69. The van der Waals surface area contributed by atoms with Gasteiger partial charge in [0.15, 0.2) is 0 Å². The lowest BCUT2D eigenvalue weighted by Gasteiger charge is -2.12. The van der Waals surface area contributed by atoms with E-state index in [0.29, 0.717) is 10.9 Å². The first-order chi connectivity index (χ1) is 11.4. The molecule has 0 atom stereocenters. The van der Waals surface area contributed by atoms with Crippen LogP contribution in [-0.2, 0) is 6.54 Å². The van der Waals surface area contributed by atoms with E-state index in [2.05, 4.69) is 56.5 Å². The highest BCUT2D eigenvalue weighted by Gasteiger charge is 2.15. The third-order valence-electron chi connectivity index (χ3n) is 4.49. The van der Waals surface area contributed by atoms with Crippen molar-refractivity contribution in [3.05, 3.63) is 64.5 Å². The average molecular weight is 337 g/mol. The van der Waals surface area contributed by atoms with Gasteiger partial charge < -0.3 is 10.3 Å². The Hall–Kier alpha value is -2.20. The van der Waals surface area contributed by atoms with Crippen LogP contribution in [-0.4, -0.2) is 14.5 Å². The molecule has 2 N–H and O–H groups in total. The molecular weight excluding hydrogens is 314 g/mol. The third-order valence-corrected chi connectivity index (χ3v) is 4.72. The van der Waals surface area contributed by atoms with E-state index in [4.69, 9.17) is 22.9 Å². The van der Waals surface area contributed by atoms with Crippen LogP contribution >= 0.6 is 12.2 Å². The fourth-order valence-corrected chi connectivity index (χ4v) is 3.10. The van der Waals surface area contributed by atoms with Crippen molar-refractivity contribution >= 4 is 28.2 Å². The first-order valence-electron chi connectivity index (χ1n) is 8.23. The zero-order valence-corrected chi connectivity index (χ0v) is 15.4. The topological polar surface area (TPSA) is 43.8 Å². The van der Waals surface area contributed by atoms with Gasteiger partial charge in [0.2, 0.25) is 0 Å². The first kappa shape index (κ1) is 16.7. The van der Waals surface area contributed by atoms with Crippen molar-refractivity contribution in [2.45, 2.75) is 40.2 Å². The molecule has 0 saturated carbocycles. The lowest BCUT2D eigenvalue weighted by atomic mass is 10.1. The van der Waals surface area contributed by atoms with E-state index in [-0.39, 0.29) is 0 Å². The minimum absolute atomic E-state index is 0.369. The summed E-state index contributed by atoms with van der Waals surface area (Å²) >= 11 is 5.03. The van der Waals surface area contributed by atoms with Crippen LogP contribution in [0.25, 0.3) is 11.0 Å². The summed E-state index contributed by atoms with van der Waals surface area (Å²) in [5, 5.41) is 0. The number of benzene rings is 2. The molecule has 0 saturated heterocycles. The van der Waals surface area contributed by atoms with E-state index < -0.39 is 0 Å². The zero-order chi connectivity index (χ0) is 17.4. The van der Waals surface area contributed by atoms with E-state index in [1.807, 2.05) is 12.1 Å². The van der Waals surface area contributed by atoms with E-state index in [1.54, 1.807) is 0 Å². The van der Waals surface area contributed by atoms with Gasteiger partial charge in [-0.05, 0) is 42.7 Å². The zero-order valence-electron chi connectivity index (χ0n) is 14.6. The number of aryl methyl sites for hydroxylation is 2. The van der Waals surface area contributed by atoms with Gasteiger partial charge >= 0.3 is 0 Å². The van der Waals surface area contributed by atoms with Gasteiger partial charge in [-0.1, -0.05) is 50.3 Å². The van der Waals surface area contributed by atoms with Crippen molar-refractivity contribution in [3.8, 4) is 0 Å². The third kappa shape index (κ3) is 3.06. The molecule has 0 aliphatic heterocycles. The smallest absolute Gasteiger partial charge is 0.112 e. The molecule has 3 aromatic rings. The predicted molar refractivity (Wildman–Crippen MR) is 105 cm³/mol. The lowest BCUT2D eigenvalue weighted by molar-refractivity contribution is 0.683. The van der Waals surface area contributed by atoms with Crippen LogP contribution < -0.4 is 5.73 Å². The van der Waals surface area contributed by atoms with Gasteiger partial charge in [0.25, 0.3) is 0 Å². The van der Waals surface area contributed by atoms with Crippen LogP contribution in [0.5, 0.6) is 0 Å². The molecule has 124 valence electrons. The molecule has 0 aliphatic carbocycles. The van der Waals surface area contributed by atoms with Gasteiger partial charge in [-0.3, -0.25) is 0 Å². The molecule has 3 rings (SSSR count). The van der Waals surface area contributed by atoms with Gasteiger partial charge in [0.1, 0.15) is 10.8 Å².